The third-order valence-corrected chi connectivity index (χ3v) is 3.97. The molecule has 0 spiro atoms. The van der Waals surface area contributed by atoms with Crippen LogP contribution in [0.15, 0.2) is 42.5 Å². The maximum Gasteiger partial charge on any atom is 0.329 e. The molecule has 136 valence electrons. The Kier molecular flexibility index (Phi) is 4.37. The van der Waals surface area contributed by atoms with Gasteiger partial charge in [-0.15, -0.1) is 0 Å². The Morgan fingerprint density at radius 2 is 1.77 bits per heavy atom. The Morgan fingerprint density at radius 3 is 2.38 bits per heavy atom. The first-order chi connectivity index (χ1) is 12.3. The Labute approximate surface area is 148 Å². The molecule has 0 fully saturated rings. The largest absolute Gasteiger partial charge is 0.359 e. The van der Waals surface area contributed by atoms with E-state index in [-0.39, 0.29) is 17.3 Å². The number of para-hydroxylation sites is 2. The van der Waals surface area contributed by atoms with Crippen molar-refractivity contribution in [2.45, 2.75) is 25.6 Å². The molecule has 1 atom stereocenters. The van der Waals surface area contributed by atoms with Crippen molar-refractivity contribution in [1.82, 2.24) is 5.32 Å². The number of urea groups is 1. The third kappa shape index (κ3) is 2.68. The van der Waals surface area contributed by atoms with Gasteiger partial charge in [0, 0.05) is 11.6 Å². The number of fused-ring (bicyclic) bond motifs is 1. The molecule has 3 rings (SSSR count). The summed E-state index contributed by atoms with van der Waals surface area (Å²) in [6.45, 7) is 3.31. The SMILES string of the molecule is CC(C)NC(=O)C1(O)c2ccccc2NC(=O)N1c1c(F)cccc1F. The molecule has 0 saturated heterocycles. The number of anilines is 2. The molecule has 0 saturated carbocycles. The van der Waals surface area contributed by atoms with Gasteiger partial charge in [0.2, 0.25) is 0 Å². The molecule has 3 N–H and O–H groups in total. The van der Waals surface area contributed by atoms with E-state index in [2.05, 4.69) is 10.6 Å². The summed E-state index contributed by atoms with van der Waals surface area (Å²) in [4.78, 5) is 25.8. The van der Waals surface area contributed by atoms with Gasteiger partial charge < -0.3 is 15.7 Å². The maximum absolute atomic E-state index is 14.3. The standard InChI is InChI=1S/C18H17F2N3O3/c1-10(2)21-16(24)18(26)11-6-3-4-9-14(11)22-17(25)23(18)15-12(19)7-5-8-13(15)20/h3-10,26H,1-2H3,(H,21,24)(H,22,25). The molecule has 1 aliphatic heterocycles. The smallest absolute Gasteiger partial charge is 0.329 e. The van der Waals surface area contributed by atoms with Gasteiger partial charge in [-0.2, -0.15) is 0 Å². The van der Waals surface area contributed by atoms with E-state index in [1.165, 1.54) is 12.1 Å². The number of nitrogens with zero attached hydrogens (tertiary/aromatic N) is 1. The molecule has 26 heavy (non-hydrogen) atoms. The van der Waals surface area contributed by atoms with Crippen LogP contribution in [0.25, 0.3) is 0 Å². The van der Waals surface area contributed by atoms with E-state index in [9.17, 15) is 23.5 Å². The van der Waals surface area contributed by atoms with Crippen LogP contribution in [0, 0.1) is 11.6 Å². The van der Waals surface area contributed by atoms with Crippen LogP contribution in [-0.4, -0.2) is 23.1 Å². The van der Waals surface area contributed by atoms with E-state index in [0.29, 0.717) is 4.90 Å². The molecule has 8 heteroatoms. The van der Waals surface area contributed by atoms with Gasteiger partial charge in [-0.3, -0.25) is 4.79 Å². The first kappa shape index (κ1) is 17.8. The molecule has 0 radical (unpaired) electrons. The van der Waals surface area contributed by atoms with Crippen LogP contribution < -0.4 is 15.5 Å². The number of rotatable bonds is 3. The predicted molar refractivity (Wildman–Crippen MR) is 91.5 cm³/mol. The first-order valence-corrected chi connectivity index (χ1v) is 7.95. The van der Waals surface area contributed by atoms with Gasteiger partial charge >= 0.3 is 6.03 Å². The minimum absolute atomic E-state index is 0.000373. The van der Waals surface area contributed by atoms with E-state index in [0.717, 1.165) is 18.2 Å². The molecule has 0 bridgehead atoms. The lowest BCUT2D eigenvalue weighted by Gasteiger charge is -2.43. The number of aliphatic hydroxyl groups is 1. The third-order valence-electron chi connectivity index (χ3n) is 3.97. The van der Waals surface area contributed by atoms with Crippen molar-refractivity contribution in [3.05, 3.63) is 59.7 Å². The molecule has 2 aromatic rings. The summed E-state index contributed by atoms with van der Waals surface area (Å²) >= 11 is 0. The van der Waals surface area contributed by atoms with Crippen molar-refractivity contribution in [3.8, 4) is 0 Å². The van der Waals surface area contributed by atoms with E-state index >= 15 is 0 Å². The molecule has 1 aliphatic rings. The average molecular weight is 361 g/mol. The summed E-state index contributed by atoms with van der Waals surface area (Å²) in [5, 5.41) is 16.2. The predicted octanol–water partition coefficient (Wildman–Crippen LogP) is 2.69. The second kappa shape index (κ2) is 6.38. The van der Waals surface area contributed by atoms with Crippen LogP contribution in [0.2, 0.25) is 0 Å². The van der Waals surface area contributed by atoms with Crippen molar-refractivity contribution in [3.63, 3.8) is 0 Å². The van der Waals surface area contributed by atoms with Gasteiger partial charge in [-0.1, -0.05) is 24.3 Å². The zero-order valence-corrected chi connectivity index (χ0v) is 14.1. The zero-order chi connectivity index (χ0) is 19.1. The van der Waals surface area contributed by atoms with Crippen LogP contribution in [0.1, 0.15) is 19.4 Å². The van der Waals surface area contributed by atoms with E-state index < -0.39 is 35.0 Å². The quantitative estimate of drug-likeness (QED) is 0.786. The molecule has 2 aromatic carbocycles. The lowest BCUT2D eigenvalue weighted by molar-refractivity contribution is -0.140. The number of amides is 3. The summed E-state index contributed by atoms with van der Waals surface area (Å²) in [5.74, 6) is -3.15. The van der Waals surface area contributed by atoms with Crippen molar-refractivity contribution < 1.29 is 23.5 Å². The van der Waals surface area contributed by atoms with Crippen molar-refractivity contribution in [2.75, 3.05) is 10.2 Å². The number of nitrogens with one attached hydrogen (secondary N) is 2. The number of hydrogen-bond donors (Lipinski definition) is 3. The molecular weight excluding hydrogens is 344 g/mol. The molecule has 0 aliphatic carbocycles. The van der Waals surface area contributed by atoms with E-state index in [1.54, 1.807) is 26.0 Å². The number of halogens is 2. The first-order valence-electron chi connectivity index (χ1n) is 7.95. The highest BCUT2D eigenvalue weighted by molar-refractivity contribution is 6.12. The van der Waals surface area contributed by atoms with Gasteiger partial charge in [-0.25, -0.2) is 18.5 Å². The van der Waals surface area contributed by atoms with Crippen LogP contribution in [0.3, 0.4) is 0 Å². The fraction of sp³-hybridized carbons (Fsp3) is 0.222. The Morgan fingerprint density at radius 1 is 1.15 bits per heavy atom. The van der Waals surface area contributed by atoms with E-state index in [1.807, 2.05) is 0 Å². The summed E-state index contributed by atoms with van der Waals surface area (Å²) in [7, 11) is 0. The summed E-state index contributed by atoms with van der Waals surface area (Å²) in [5.41, 5.74) is -3.28. The second-order valence-electron chi connectivity index (χ2n) is 6.18. The minimum atomic E-state index is -2.63. The van der Waals surface area contributed by atoms with Crippen molar-refractivity contribution in [1.29, 1.82) is 0 Å². The van der Waals surface area contributed by atoms with Gasteiger partial charge in [0.25, 0.3) is 11.6 Å². The summed E-state index contributed by atoms with van der Waals surface area (Å²) < 4.78 is 28.7. The fourth-order valence-electron chi connectivity index (χ4n) is 2.89. The fourth-order valence-corrected chi connectivity index (χ4v) is 2.89. The highest BCUT2D eigenvalue weighted by atomic mass is 19.1. The Bertz CT molecular complexity index is 867. The van der Waals surface area contributed by atoms with Crippen LogP contribution in [0.4, 0.5) is 25.0 Å². The minimum Gasteiger partial charge on any atom is -0.359 e. The molecule has 1 unspecified atom stereocenters. The van der Waals surface area contributed by atoms with E-state index in [4.69, 9.17) is 0 Å². The lowest BCUT2D eigenvalue weighted by Crippen LogP contribution is -2.63. The Balaban J connectivity index is 2.28. The molecule has 0 aromatic heterocycles. The number of carbonyl (C=O) groups excluding carboxylic acids is 2. The average Bonchev–Trinajstić information content (AvgIpc) is 2.56. The number of carbonyl (C=O) groups is 2. The number of benzene rings is 2. The monoisotopic (exact) mass is 361 g/mol. The highest BCUT2D eigenvalue weighted by Gasteiger charge is 2.53. The molecule has 6 nitrogen and oxygen atoms in total. The maximum atomic E-state index is 14.3. The van der Waals surface area contributed by atoms with Crippen LogP contribution in [-0.2, 0) is 10.5 Å². The van der Waals surface area contributed by atoms with Gasteiger partial charge in [-0.05, 0) is 32.0 Å². The zero-order valence-electron chi connectivity index (χ0n) is 14.1. The van der Waals surface area contributed by atoms with Crippen LogP contribution >= 0.6 is 0 Å². The summed E-state index contributed by atoms with van der Waals surface area (Å²) in [6.07, 6.45) is 0. The highest BCUT2D eigenvalue weighted by Crippen LogP contribution is 2.41. The van der Waals surface area contributed by atoms with Crippen molar-refractivity contribution >= 4 is 23.3 Å². The van der Waals surface area contributed by atoms with Gasteiger partial charge in [0.05, 0.1) is 5.69 Å². The molecule has 1 heterocycles. The molecular formula is C18H17F2N3O3. The number of hydrogen-bond acceptors (Lipinski definition) is 3. The normalized spacial score (nSPS) is 19.2. The van der Waals surface area contributed by atoms with Gasteiger partial charge in [0.1, 0.15) is 17.3 Å². The second-order valence-corrected chi connectivity index (χ2v) is 6.18. The molecule has 3 amide bonds. The van der Waals surface area contributed by atoms with Crippen LogP contribution in [0.5, 0.6) is 0 Å². The van der Waals surface area contributed by atoms with Gasteiger partial charge in [0.15, 0.2) is 0 Å². The van der Waals surface area contributed by atoms with Crippen molar-refractivity contribution in [2.24, 2.45) is 0 Å². The topological polar surface area (TPSA) is 81.7 Å². The summed E-state index contributed by atoms with van der Waals surface area (Å²) in [6, 6.07) is 7.61. The lowest BCUT2D eigenvalue weighted by atomic mass is 9.94. The Hall–Kier alpha value is -3.00.